The van der Waals surface area contributed by atoms with E-state index < -0.39 is 0 Å². The van der Waals surface area contributed by atoms with Gasteiger partial charge in [-0.1, -0.05) is 11.8 Å². The van der Waals surface area contributed by atoms with Gasteiger partial charge in [0, 0.05) is 24.1 Å². The predicted molar refractivity (Wildman–Crippen MR) is 117 cm³/mol. The smallest absolute Gasteiger partial charge is 0.318 e. The maximum atomic E-state index is 12.3. The number of nitrogens with zero attached hydrogens (tertiary/aromatic N) is 3. The standard InChI is InChI=1S/C20H22N6O3S/c1-13-24-25-20(26(13)16-8-10-17(29-3)11-9-16)30-12-18(27)22-14-4-6-15(7-5-14)23-19(28)21-2/h4-11H,12H2,1-3H3,(H,22,27)(H2,21,23,28). The Bertz CT molecular complexity index is 1020. The number of rotatable bonds is 7. The van der Waals surface area contributed by atoms with Crippen molar-refractivity contribution in [1.82, 2.24) is 20.1 Å². The molecule has 3 rings (SSSR count). The molecule has 0 spiro atoms. The molecule has 0 atom stereocenters. The van der Waals surface area contributed by atoms with E-state index in [-0.39, 0.29) is 17.7 Å². The summed E-state index contributed by atoms with van der Waals surface area (Å²) in [6, 6.07) is 14.1. The molecule has 3 N–H and O–H groups in total. The third-order valence-corrected chi connectivity index (χ3v) is 5.04. The first-order chi connectivity index (χ1) is 14.5. The lowest BCUT2D eigenvalue weighted by Crippen LogP contribution is -2.24. The van der Waals surface area contributed by atoms with Gasteiger partial charge in [-0.15, -0.1) is 10.2 Å². The quantitative estimate of drug-likeness (QED) is 0.501. The molecule has 0 fully saturated rings. The van der Waals surface area contributed by atoms with E-state index >= 15 is 0 Å². The van der Waals surface area contributed by atoms with Crippen LogP contribution in [-0.4, -0.2) is 46.6 Å². The summed E-state index contributed by atoms with van der Waals surface area (Å²) in [5.74, 6) is 1.48. The van der Waals surface area contributed by atoms with Crippen molar-refractivity contribution in [2.75, 3.05) is 30.5 Å². The van der Waals surface area contributed by atoms with Crippen molar-refractivity contribution in [3.8, 4) is 11.4 Å². The number of aromatic nitrogens is 3. The monoisotopic (exact) mass is 426 g/mol. The first kappa shape index (κ1) is 21.2. The lowest BCUT2D eigenvalue weighted by Gasteiger charge is -2.10. The maximum absolute atomic E-state index is 12.3. The molecule has 0 bridgehead atoms. The summed E-state index contributed by atoms with van der Waals surface area (Å²) >= 11 is 1.30. The molecule has 10 heteroatoms. The highest BCUT2D eigenvalue weighted by atomic mass is 32.2. The third-order valence-electron chi connectivity index (χ3n) is 4.11. The van der Waals surface area contributed by atoms with Crippen LogP contribution in [0.3, 0.4) is 0 Å². The molecule has 156 valence electrons. The zero-order chi connectivity index (χ0) is 21.5. The minimum Gasteiger partial charge on any atom is -0.497 e. The second kappa shape index (κ2) is 9.79. The fourth-order valence-corrected chi connectivity index (χ4v) is 3.42. The number of amides is 3. The van der Waals surface area contributed by atoms with Crippen LogP contribution in [0.5, 0.6) is 5.75 Å². The zero-order valence-corrected chi connectivity index (χ0v) is 17.6. The van der Waals surface area contributed by atoms with Gasteiger partial charge >= 0.3 is 6.03 Å². The fraction of sp³-hybridized carbons (Fsp3) is 0.200. The van der Waals surface area contributed by atoms with Gasteiger partial charge in [-0.05, 0) is 55.5 Å². The van der Waals surface area contributed by atoms with Crippen molar-refractivity contribution < 1.29 is 14.3 Å². The number of hydrogen-bond donors (Lipinski definition) is 3. The molecule has 0 saturated carbocycles. The summed E-state index contributed by atoms with van der Waals surface area (Å²) in [5.41, 5.74) is 2.15. The molecule has 1 aromatic heterocycles. The molecule has 1 heterocycles. The van der Waals surface area contributed by atoms with Gasteiger partial charge < -0.3 is 20.7 Å². The van der Waals surface area contributed by atoms with Crippen LogP contribution in [0.4, 0.5) is 16.2 Å². The number of benzene rings is 2. The van der Waals surface area contributed by atoms with Crippen LogP contribution in [-0.2, 0) is 4.79 Å². The molecule has 2 aromatic carbocycles. The van der Waals surface area contributed by atoms with Gasteiger partial charge in [-0.25, -0.2) is 4.79 Å². The van der Waals surface area contributed by atoms with Crippen molar-refractivity contribution in [1.29, 1.82) is 0 Å². The lowest BCUT2D eigenvalue weighted by molar-refractivity contribution is -0.113. The maximum Gasteiger partial charge on any atom is 0.318 e. The van der Waals surface area contributed by atoms with Crippen LogP contribution in [0, 0.1) is 6.92 Å². The van der Waals surface area contributed by atoms with Gasteiger partial charge in [0.2, 0.25) is 5.91 Å². The molecule has 3 aromatic rings. The molecule has 0 unspecified atom stereocenters. The van der Waals surface area contributed by atoms with Crippen molar-refractivity contribution in [2.45, 2.75) is 12.1 Å². The summed E-state index contributed by atoms with van der Waals surface area (Å²) < 4.78 is 7.08. The van der Waals surface area contributed by atoms with Gasteiger partial charge in [-0.2, -0.15) is 0 Å². The first-order valence-electron chi connectivity index (χ1n) is 9.08. The second-order valence-corrected chi connectivity index (χ2v) is 7.12. The summed E-state index contributed by atoms with van der Waals surface area (Å²) in [4.78, 5) is 23.7. The predicted octanol–water partition coefficient (Wildman–Crippen LogP) is 3.07. The largest absolute Gasteiger partial charge is 0.497 e. The Labute approximate surface area is 178 Å². The Kier molecular flexibility index (Phi) is 6.91. The highest BCUT2D eigenvalue weighted by molar-refractivity contribution is 7.99. The Morgan fingerprint density at radius 1 is 1.00 bits per heavy atom. The lowest BCUT2D eigenvalue weighted by atomic mass is 10.3. The summed E-state index contributed by atoms with van der Waals surface area (Å²) in [6.45, 7) is 1.86. The number of methoxy groups -OCH3 is 1. The average molecular weight is 427 g/mol. The number of carbonyl (C=O) groups excluding carboxylic acids is 2. The minimum absolute atomic E-state index is 0.172. The molecule has 0 aliphatic heterocycles. The molecule has 0 radical (unpaired) electrons. The Morgan fingerprint density at radius 3 is 2.23 bits per heavy atom. The van der Waals surface area contributed by atoms with E-state index in [1.54, 1.807) is 38.4 Å². The number of hydrogen-bond acceptors (Lipinski definition) is 6. The third kappa shape index (κ3) is 5.29. The number of urea groups is 1. The molecular weight excluding hydrogens is 404 g/mol. The van der Waals surface area contributed by atoms with Crippen LogP contribution in [0.2, 0.25) is 0 Å². The first-order valence-corrected chi connectivity index (χ1v) is 10.1. The van der Waals surface area contributed by atoms with Crippen molar-refractivity contribution in [3.05, 3.63) is 54.4 Å². The van der Waals surface area contributed by atoms with E-state index in [9.17, 15) is 9.59 Å². The topological polar surface area (TPSA) is 110 Å². The molecular formula is C20H22N6O3S. The SMILES string of the molecule is CNC(=O)Nc1ccc(NC(=O)CSc2nnc(C)n2-c2ccc(OC)cc2)cc1. The van der Waals surface area contributed by atoms with Gasteiger partial charge in [0.25, 0.3) is 0 Å². The molecule has 3 amide bonds. The van der Waals surface area contributed by atoms with E-state index in [1.165, 1.54) is 11.8 Å². The second-order valence-electron chi connectivity index (χ2n) is 6.18. The van der Waals surface area contributed by atoms with E-state index in [0.29, 0.717) is 16.5 Å². The van der Waals surface area contributed by atoms with Gasteiger partial charge in [0.05, 0.1) is 12.9 Å². The van der Waals surface area contributed by atoms with Crippen molar-refractivity contribution >= 4 is 35.1 Å². The van der Waals surface area contributed by atoms with Gasteiger partial charge in [0.1, 0.15) is 11.6 Å². The summed E-state index contributed by atoms with van der Waals surface area (Å²) in [7, 11) is 3.16. The van der Waals surface area contributed by atoms with Crippen LogP contribution >= 0.6 is 11.8 Å². The number of anilines is 2. The number of aryl methyl sites for hydroxylation is 1. The van der Waals surface area contributed by atoms with Crippen molar-refractivity contribution in [3.63, 3.8) is 0 Å². The summed E-state index contributed by atoms with van der Waals surface area (Å²) in [5, 5.41) is 16.9. The Balaban J connectivity index is 1.60. The van der Waals surface area contributed by atoms with E-state index in [4.69, 9.17) is 4.74 Å². The van der Waals surface area contributed by atoms with Gasteiger partial charge in [0.15, 0.2) is 5.16 Å². The molecule has 9 nitrogen and oxygen atoms in total. The number of thioether (sulfide) groups is 1. The molecule has 0 aliphatic carbocycles. The molecule has 30 heavy (non-hydrogen) atoms. The van der Waals surface area contributed by atoms with Crippen LogP contribution in [0.15, 0.2) is 53.7 Å². The fourth-order valence-electron chi connectivity index (χ4n) is 2.62. The van der Waals surface area contributed by atoms with E-state index in [2.05, 4.69) is 26.1 Å². The number of ether oxygens (including phenoxy) is 1. The van der Waals surface area contributed by atoms with Gasteiger partial charge in [-0.3, -0.25) is 9.36 Å². The number of carbonyl (C=O) groups is 2. The highest BCUT2D eigenvalue weighted by Crippen LogP contribution is 2.24. The van der Waals surface area contributed by atoms with Crippen LogP contribution < -0.4 is 20.7 Å². The number of nitrogens with one attached hydrogen (secondary N) is 3. The Morgan fingerprint density at radius 2 is 1.63 bits per heavy atom. The van der Waals surface area contributed by atoms with Crippen LogP contribution in [0.25, 0.3) is 5.69 Å². The van der Waals surface area contributed by atoms with E-state index in [0.717, 1.165) is 17.3 Å². The normalized spacial score (nSPS) is 10.4. The highest BCUT2D eigenvalue weighted by Gasteiger charge is 2.14. The average Bonchev–Trinajstić information content (AvgIpc) is 3.14. The minimum atomic E-state index is -0.306. The summed E-state index contributed by atoms with van der Waals surface area (Å²) in [6.07, 6.45) is 0. The van der Waals surface area contributed by atoms with Crippen molar-refractivity contribution in [2.24, 2.45) is 0 Å². The van der Waals surface area contributed by atoms with E-state index in [1.807, 2.05) is 35.8 Å². The molecule has 0 aliphatic rings. The Hall–Kier alpha value is -3.53. The van der Waals surface area contributed by atoms with Crippen LogP contribution in [0.1, 0.15) is 5.82 Å². The zero-order valence-electron chi connectivity index (χ0n) is 16.8. The molecule has 0 saturated heterocycles.